The molecule has 1 aromatic carbocycles. The van der Waals surface area contributed by atoms with Crippen molar-refractivity contribution in [2.45, 2.75) is 17.9 Å². The zero-order valence-electron chi connectivity index (χ0n) is 9.86. The van der Waals surface area contributed by atoms with Crippen LogP contribution in [0.5, 0.6) is 0 Å². The maximum absolute atomic E-state index is 11.7. The highest BCUT2D eigenvalue weighted by atomic mass is 79.9. The molecular formula is C11H15BrClNO3S. The van der Waals surface area contributed by atoms with Crippen LogP contribution in [0.2, 0.25) is 0 Å². The van der Waals surface area contributed by atoms with Gasteiger partial charge in [-0.3, -0.25) is 0 Å². The van der Waals surface area contributed by atoms with Crippen LogP contribution in [0.25, 0.3) is 0 Å². The number of nitrogens with one attached hydrogen (secondary N) is 1. The molecule has 0 aliphatic rings. The standard InChI is InChI=1S/C11H15BrClNO3S/c1-2-18(16,17)9-3-4-10(12)11(5-9)14-7-8(15)6-13/h3-5,8,14-15H,2,6-7H2,1H3. The zero-order chi connectivity index (χ0) is 13.8. The molecule has 0 amide bonds. The second-order valence-corrected chi connectivity index (χ2v) is 7.18. The summed E-state index contributed by atoms with van der Waals surface area (Å²) in [5.74, 6) is 0.177. The number of aliphatic hydroxyl groups is 1. The van der Waals surface area contributed by atoms with E-state index in [0.29, 0.717) is 5.69 Å². The molecule has 0 bridgehead atoms. The molecule has 0 saturated heterocycles. The maximum atomic E-state index is 11.7. The molecule has 1 unspecified atom stereocenters. The van der Waals surface area contributed by atoms with Crippen molar-refractivity contribution >= 4 is 43.1 Å². The first kappa shape index (κ1) is 15.8. The number of aliphatic hydroxyl groups excluding tert-OH is 1. The second kappa shape index (κ2) is 6.75. The topological polar surface area (TPSA) is 66.4 Å². The number of halogens is 2. The van der Waals surface area contributed by atoms with Crippen LogP contribution in [-0.2, 0) is 9.84 Å². The van der Waals surface area contributed by atoms with Crippen molar-refractivity contribution in [3.8, 4) is 0 Å². The number of hydrogen-bond donors (Lipinski definition) is 2. The van der Waals surface area contributed by atoms with E-state index < -0.39 is 15.9 Å². The van der Waals surface area contributed by atoms with Crippen LogP contribution >= 0.6 is 27.5 Å². The number of hydrogen-bond acceptors (Lipinski definition) is 4. The van der Waals surface area contributed by atoms with Gasteiger partial charge in [-0.1, -0.05) is 6.92 Å². The summed E-state index contributed by atoms with van der Waals surface area (Å²) >= 11 is 8.81. The fourth-order valence-corrected chi connectivity index (χ4v) is 2.68. The van der Waals surface area contributed by atoms with E-state index in [2.05, 4.69) is 21.2 Å². The first-order chi connectivity index (χ1) is 8.40. The van der Waals surface area contributed by atoms with Crippen molar-refractivity contribution in [1.82, 2.24) is 0 Å². The van der Waals surface area contributed by atoms with E-state index in [1.165, 1.54) is 0 Å². The Balaban J connectivity index is 2.95. The van der Waals surface area contributed by atoms with Crippen molar-refractivity contribution in [2.24, 2.45) is 0 Å². The summed E-state index contributed by atoms with van der Waals surface area (Å²) in [4.78, 5) is 0.260. The molecule has 0 fully saturated rings. The van der Waals surface area contributed by atoms with Gasteiger partial charge in [0.05, 0.1) is 22.6 Å². The molecule has 0 aromatic heterocycles. The van der Waals surface area contributed by atoms with Crippen molar-refractivity contribution < 1.29 is 13.5 Å². The monoisotopic (exact) mass is 355 g/mol. The lowest BCUT2D eigenvalue weighted by Crippen LogP contribution is -2.21. The van der Waals surface area contributed by atoms with Crippen LogP contribution in [0.1, 0.15) is 6.92 Å². The number of rotatable bonds is 6. The zero-order valence-corrected chi connectivity index (χ0v) is 13.0. The summed E-state index contributed by atoms with van der Waals surface area (Å²) in [6.07, 6.45) is -0.676. The fourth-order valence-electron chi connectivity index (χ4n) is 1.28. The SMILES string of the molecule is CCS(=O)(=O)c1ccc(Br)c(NCC(O)CCl)c1. The van der Waals surface area contributed by atoms with E-state index in [9.17, 15) is 13.5 Å². The van der Waals surface area contributed by atoms with E-state index >= 15 is 0 Å². The Morgan fingerprint density at radius 2 is 2.17 bits per heavy atom. The molecule has 4 nitrogen and oxygen atoms in total. The minimum Gasteiger partial charge on any atom is -0.390 e. The summed E-state index contributed by atoms with van der Waals surface area (Å²) < 4.78 is 24.2. The molecule has 2 N–H and O–H groups in total. The van der Waals surface area contributed by atoms with Crippen molar-refractivity contribution in [3.05, 3.63) is 22.7 Å². The quantitative estimate of drug-likeness (QED) is 0.767. The third kappa shape index (κ3) is 4.12. The first-order valence-corrected chi connectivity index (χ1v) is 8.39. The van der Waals surface area contributed by atoms with E-state index in [1.54, 1.807) is 25.1 Å². The molecule has 1 aromatic rings. The van der Waals surface area contributed by atoms with Crippen LogP contribution in [-0.4, -0.2) is 37.8 Å². The van der Waals surface area contributed by atoms with Gasteiger partial charge in [0.2, 0.25) is 0 Å². The third-order valence-electron chi connectivity index (χ3n) is 2.38. The predicted octanol–water partition coefficient (Wildman–Crippen LogP) is 2.25. The molecule has 1 rings (SSSR count). The van der Waals surface area contributed by atoms with E-state index in [1.807, 2.05) is 0 Å². The summed E-state index contributed by atoms with van der Waals surface area (Å²) in [6, 6.07) is 4.76. The molecular weight excluding hydrogens is 342 g/mol. The highest BCUT2D eigenvalue weighted by Crippen LogP contribution is 2.26. The molecule has 102 valence electrons. The lowest BCUT2D eigenvalue weighted by atomic mass is 10.3. The first-order valence-electron chi connectivity index (χ1n) is 5.41. The second-order valence-electron chi connectivity index (χ2n) is 3.73. The molecule has 0 aliphatic carbocycles. The summed E-state index contributed by atoms with van der Waals surface area (Å²) in [5.41, 5.74) is 0.619. The molecule has 0 aliphatic heterocycles. The number of alkyl halides is 1. The van der Waals surface area contributed by atoms with Gasteiger partial charge in [-0.15, -0.1) is 11.6 Å². The van der Waals surface area contributed by atoms with Gasteiger partial charge in [0.15, 0.2) is 9.84 Å². The largest absolute Gasteiger partial charge is 0.390 e. The van der Waals surface area contributed by atoms with Crippen molar-refractivity contribution in [2.75, 3.05) is 23.5 Å². The molecule has 7 heteroatoms. The molecule has 0 spiro atoms. The van der Waals surface area contributed by atoms with Gasteiger partial charge in [-0.2, -0.15) is 0 Å². The lowest BCUT2D eigenvalue weighted by Gasteiger charge is -2.13. The van der Waals surface area contributed by atoms with Crippen molar-refractivity contribution in [1.29, 1.82) is 0 Å². The van der Waals surface area contributed by atoms with Crippen LogP contribution in [0, 0.1) is 0 Å². The minimum atomic E-state index is -3.23. The number of benzene rings is 1. The lowest BCUT2D eigenvalue weighted by molar-refractivity contribution is 0.211. The number of anilines is 1. The summed E-state index contributed by atoms with van der Waals surface area (Å²) in [5, 5.41) is 12.3. The Labute approximate surface area is 120 Å². The third-order valence-corrected chi connectivity index (χ3v) is 5.16. The van der Waals surface area contributed by atoms with E-state index in [0.717, 1.165) is 4.47 Å². The normalized spacial score (nSPS) is 13.3. The molecule has 1 atom stereocenters. The van der Waals surface area contributed by atoms with E-state index in [4.69, 9.17) is 11.6 Å². The Kier molecular flexibility index (Phi) is 5.91. The van der Waals surface area contributed by atoms with Gasteiger partial charge in [-0.25, -0.2) is 8.42 Å². The van der Waals surface area contributed by atoms with Gasteiger partial charge in [0.1, 0.15) is 0 Å². The van der Waals surface area contributed by atoms with Gasteiger partial charge < -0.3 is 10.4 Å². The number of sulfone groups is 1. The van der Waals surface area contributed by atoms with Gasteiger partial charge >= 0.3 is 0 Å². The van der Waals surface area contributed by atoms with Crippen LogP contribution in [0.15, 0.2) is 27.6 Å². The van der Waals surface area contributed by atoms with Gasteiger partial charge in [0.25, 0.3) is 0 Å². The van der Waals surface area contributed by atoms with Crippen LogP contribution < -0.4 is 5.32 Å². The van der Waals surface area contributed by atoms with Crippen LogP contribution in [0.4, 0.5) is 5.69 Å². The predicted molar refractivity (Wildman–Crippen MR) is 77.1 cm³/mol. The Bertz CT molecular complexity index is 507. The summed E-state index contributed by atoms with van der Waals surface area (Å²) in [7, 11) is -3.23. The molecule has 18 heavy (non-hydrogen) atoms. The molecule has 0 saturated carbocycles. The highest BCUT2D eigenvalue weighted by Gasteiger charge is 2.13. The molecule has 0 heterocycles. The van der Waals surface area contributed by atoms with Gasteiger partial charge in [0, 0.05) is 16.7 Å². The Hall–Kier alpha value is -0.300. The molecule has 0 radical (unpaired) electrons. The average Bonchev–Trinajstić information content (AvgIpc) is 2.37. The Morgan fingerprint density at radius 1 is 1.50 bits per heavy atom. The van der Waals surface area contributed by atoms with Gasteiger partial charge in [-0.05, 0) is 34.1 Å². The Morgan fingerprint density at radius 3 is 2.72 bits per heavy atom. The van der Waals surface area contributed by atoms with Crippen molar-refractivity contribution in [3.63, 3.8) is 0 Å². The average molecular weight is 357 g/mol. The van der Waals surface area contributed by atoms with E-state index in [-0.39, 0.29) is 23.1 Å². The van der Waals surface area contributed by atoms with Crippen LogP contribution in [0.3, 0.4) is 0 Å². The summed E-state index contributed by atoms with van der Waals surface area (Å²) in [6.45, 7) is 1.86. The maximum Gasteiger partial charge on any atom is 0.178 e. The smallest absolute Gasteiger partial charge is 0.178 e. The fraction of sp³-hybridized carbons (Fsp3) is 0.455. The minimum absolute atomic E-state index is 0.0539. The highest BCUT2D eigenvalue weighted by molar-refractivity contribution is 9.10.